The molecule has 1 unspecified atom stereocenters. The molecule has 0 amide bonds. The van der Waals surface area contributed by atoms with Crippen LogP contribution in [-0.2, 0) is 11.2 Å². The molecule has 1 aromatic carbocycles. The monoisotopic (exact) mass is 279 g/mol. The molecule has 0 fully saturated rings. The average molecular weight is 279 g/mol. The first kappa shape index (κ1) is 17.0. The summed E-state index contributed by atoms with van der Waals surface area (Å²) in [6.07, 6.45) is 3.61. The first-order valence-corrected chi connectivity index (χ1v) is 7.63. The fraction of sp³-hybridized carbons (Fsp3) is 0.647. The van der Waals surface area contributed by atoms with Crippen molar-refractivity contribution in [3.8, 4) is 5.75 Å². The third-order valence-corrected chi connectivity index (χ3v) is 3.25. The van der Waals surface area contributed by atoms with E-state index in [0.29, 0.717) is 12.1 Å². The quantitative estimate of drug-likeness (QED) is 0.712. The number of ether oxygens (including phenoxy) is 2. The fourth-order valence-electron chi connectivity index (χ4n) is 2.03. The summed E-state index contributed by atoms with van der Waals surface area (Å²) in [4.78, 5) is 0. The van der Waals surface area contributed by atoms with Gasteiger partial charge in [0.05, 0.1) is 19.8 Å². The summed E-state index contributed by atoms with van der Waals surface area (Å²) in [5.74, 6) is 0.914. The van der Waals surface area contributed by atoms with Crippen molar-refractivity contribution in [1.82, 2.24) is 5.32 Å². The summed E-state index contributed by atoms with van der Waals surface area (Å²) in [6.45, 7) is 8.19. The Morgan fingerprint density at radius 2 is 1.85 bits per heavy atom. The van der Waals surface area contributed by atoms with Crippen LogP contribution in [0.15, 0.2) is 24.3 Å². The normalized spacial score (nSPS) is 12.7. The van der Waals surface area contributed by atoms with Crippen molar-refractivity contribution in [3.05, 3.63) is 29.8 Å². The van der Waals surface area contributed by atoms with E-state index in [1.165, 1.54) is 5.56 Å². The second kappa shape index (κ2) is 9.78. The molecule has 0 aliphatic rings. The zero-order chi connectivity index (χ0) is 14.8. The van der Waals surface area contributed by atoms with Gasteiger partial charge in [-0.1, -0.05) is 19.1 Å². The van der Waals surface area contributed by atoms with Crippen LogP contribution < -0.4 is 10.1 Å². The van der Waals surface area contributed by atoms with Gasteiger partial charge >= 0.3 is 0 Å². The maximum Gasteiger partial charge on any atom is 0.118 e. The van der Waals surface area contributed by atoms with E-state index in [1.54, 1.807) is 7.11 Å². The van der Waals surface area contributed by atoms with Crippen LogP contribution in [0.5, 0.6) is 5.75 Å². The molecule has 0 bridgehead atoms. The van der Waals surface area contributed by atoms with Crippen molar-refractivity contribution < 1.29 is 9.47 Å². The predicted molar refractivity (Wildman–Crippen MR) is 84.5 cm³/mol. The Kier molecular flexibility index (Phi) is 8.31. The minimum Gasteiger partial charge on any atom is -0.497 e. The molecule has 114 valence electrons. The highest BCUT2D eigenvalue weighted by atomic mass is 16.5. The average Bonchev–Trinajstić information content (AvgIpc) is 2.46. The minimum absolute atomic E-state index is 0.293. The summed E-state index contributed by atoms with van der Waals surface area (Å²) in [5.41, 5.74) is 1.35. The third-order valence-electron chi connectivity index (χ3n) is 3.25. The van der Waals surface area contributed by atoms with Crippen molar-refractivity contribution in [2.24, 2.45) is 0 Å². The van der Waals surface area contributed by atoms with Gasteiger partial charge in [0.1, 0.15) is 5.75 Å². The molecule has 0 saturated carbocycles. The Morgan fingerprint density at radius 1 is 1.15 bits per heavy atom. The van der Waals surface area contributed by atoms with Crippen molar-refractivity contribution >= 4 is 0 Å². The van der Waals surface area contributed by atoms with Crippen LogP contribution in [-0.4, -0.2) is 32.4 Å². The smallest absolute Gasteiger partial charge is 0.118 e. The number of hydrogen-bond donors (Lipinski definition) is 1. The molecule has 20 heavy (non-hydrogen) atoms. The first-order chi connectivity index (χ1) is 9.65. The molecule has 1 atom stereocenters. The van der Waals surface area contributed by atoms with Crippen LogP contribution in [0.25, 0.3) is 0 Å². The van der Waals surface area contributed by atoms with E-state index in [2.05, 4.69) is 38.2 Å². The first-order valence-electron chi connectivity index (χ1n) is 7.63. The van der Waals surface area contributed by atoms with E-state index >= 15 is 0 Å². The molecular formula is C17H29NO2. The van der Waals surface area contributed by atoms with Crippen molar-refractivity contribution in [2.45, 2.75) is 52.2 Å². The van der Waals surface area contributed by atoms with E-state index in [0.717, 1.165) is 38.2 Å². The summed E-state index contributed by atoms with van der Waals surface area (Å²) >= 11 is 0. The lowest BCUT2D eigenvalue weighted by atomic mass is 10.1. The van der Waals surface area contributed by atoms with Gasteiger partial charge in [0.15, 0.2) is 0 Å². The van der Waals surface area contributed by atoms with Crippen LogP contribution in [0, 0.1) is 0 Å². The lowest BCUT2D eigenvalue weighted by Gasteiger charge is -2.20. The molecule has 0 aliphatic carbocycles. The lowest BCUT2D eigenvalue weighted by molar-refractivity contribution is 0.0596. The van der Waals surface area contributed by atoms with E-state index in [9.17, 15) is 0 Å². The van der Waals surface area contributed by atoms with Crippen molar-refractivity contribution in [3.63, 3.8) is 0 Å². The zero-order valence-electron chi connectivity index (χ0n) is 13.3. The number of aryl methyl sites for hydroxylation is 1. The summed E-state index contributed by atoms with van der Waals surface area (Å²) < 4.78 is 10.9. The molecule has 0 aliphatic heterocycles. The van der Waals surface area contributed by atoms with E-state index in [4.69, 9.17) is 9.47 Å². The summed E-state index contributed by atoms with van der Waals surface area (Å²) in [7, 11) is 1.70. The molecular weight excluding hydrogens is 250 g/mol. The molecule has 0 heterocycles. The van der Waals surface area contributed by atoms with Crippen LogP contribution in [0.3, 0.4) is 0 Å². The Labute approximate surface area is 123 Å². The number of benzene rings is 1. The van der Waals surface area contributed by atoms with Gasteiger partial charge in [0.2, 0.25) is 0 Å². The molecule has 1 aromatic rings. The molecule has 3 nitrogen and oxygen atoms in total. The number of methoxy groups -OCH3 is 1. The van der Waals surface area contributed by atoms with Crippen LogP contribution in [0.2, 0.25) is 0 Å². The molecule has 0 saturated heterocycles. The highest BCUT2D eigenvalue weighted by Crippen LogP contribution is 2.13. The number of rotatable bonds is 10. The molecule has 3 heteroatoms. The molecule has 1 N–H and O–H groups in total. The Bertz CT molecular complexity index is 349. The van der Waals surface area contributed by atoms with Gasteiger partial charge in [-0.3, -0.25) is 0 Å². The van der Waals surface area contributed by atoms with Gasteiger partial charge in [-0.15, -0.1) is 0 Å². The largest absolute Gasteiger partial charge is 0.497 e. The fourth-order valence-corrected chi connectivity index (χ4v) is 2.03. The van der Waals surface area contributed by atoms with E-state index in [1.807, 2.05) is 12.1 Å². The third kappa shape index (κ3) is 6.92. The lowest BCUT2D eigenvalue weighted by Crippen LogP contribution is -2.35. The summed E-state index contributed by atoms with van der Waals surface area (Å²) in [6, 6.07) is 8.75. The maximum atomic E-state index is 5.74. The van der Waals surface area contributed by atoms with Crippen LogP contribution >= 0.6 is 0 Å². The SMILES string of the molecule is CCCNC(CCc1ccc(OC)cc1)COC(C)C. The van der Waals surface area contributed by atoms with Crippen molar-refractivity contribution in [2.75, 3.05) is 20.3 Å². The Morgan fingerprint density at radius 3 is 2.40 bits per heavy atom. The van der Waals surface area contributed by atoms with Crippen molar-refractivity contribution in [1.29, 1.82) is 0 Å². The van der Waals surface area contributed by atoms with Crippen LogP contribution in [0.1, 0.15) is 39.2 Å². The number of hydrogen-bond acceptors (Lipinski definition) is 3. The van der Waals surface area contributed by atoms with Gasteiger partial charge < -0.3 is 14.8 Å². The van der Waals surface area contributed by atoms with Gasteiger partial charge in [-0.25, -0.2) is 0 Å². The van der Waals surface area contributed by atoms with E-state index in [-0.39, 0.29) is 0 Å². The highest BCUT2D eigenvalue weighted by Gasteiger charge is 2.09. The van der Waals surface area contributed by atoms with Gasteiger partial charge in [0, 0.05) is 6.04 Å². The van der Waals surface area contributed by atoms with Gasteiger partial charge in [-0.2, -0.15) is 0 Å². The standard InChI is InChI=1S/C17H29NO2/c1-5-12-18-16(13-20-14(2)3)9-6-15-7-10-17(19-4)11-8-15/h7-8,10-11,14,16,18H,5-6,9,12-13H2,1-4H3. The predicted octanol–water partition coefficient (Wildman–Crippen LogP) is 3.42. The second-order valence-electron chi connectivity index (χ2n) is 5.42. The van der Waals surface area contributed by atoms with Crippen LogP contribution in [0.4, 0.5) is 0 Å². The molecule has 1 rings (SSSR count). The van der Waals surface area contributed by atoms with E-state index < -0.39 is 0 Å². The zero-order valence-corrected chi connectivity index (χ0v) is 13.3. The van der Waals surface area contributed by atoms with Gasteiger partial charge in [0.25, 0.3) is 0 Å². The van der Waals surface area contributed by atoms with Gasteiger partial charge in [-0.05, 0) is 57.4 Å². The molecule has 0 aromatic heterocycles. The topological polar surface area (TPSA) is 30.5 Å². The Hall–Kier alpha value is -1.06. The molecule has 0 spiro atoms. The highest BCUT2D eigenvalue weighted by molar-refractivity contribution is 5.27. The second-order valence-corrected chi connectivity index (χ2v) is 5.42. The minimum atomic E-state index is 0.293. The molecule has 0 radical (unpaired) electrons. The summed E-state index contributed by atoms with van der Waals surface area (Å²) in [5, 5.41) is 3.57. The Balaban J connectivity index is 2.42. The number of nitrogens with one attached hydrogen (secondary N) is 1. The maximum absolute atomic E-state index is 5.74.